The molecule has 0 aliphatic rings. The van der Waals surface area contributed by atoms with E-state index in [-0.39, 0.29) is 11.1 Å². The van der Waals surface area contributed by atoms with Crippen molar-refractivity contribution in [2.45, 2.75) is 0 Å². The zero-order chi connectivity index (χ0) is 11.4. The number of hydrogen-bond donors (Lipinski definition) is 0. The molecule has 5 heteroatoms. The lowest BCUT2D eigenvalue weighted by molar-refractivity contribution is 0.102. The smallest absolute Gasteiger partial charge is 0.175 e. The van der Waals surface area contributed by atoms with Gasteiger partial charge in [-0.1, -0.05) is 15.9 Å². The van der Waals surface area contributed by atoms with E-state index in [0.29, 0.717) is 16.9 Å². The fourth-order valence-corrected chi connectivity index (χ4v) is 2.32. The average Bonchev–Trinajstić information content (AvgIpc) is 2.26. The number of ether oxygens (including phenoxy) is 1. The Morgan fingerprint density at radius 3 is 2.80 bits per heavy atom. The number of methoxy groups -OCH3 is 1. The van der Waals surface area contributed by atoms with E-state index in [2.05, 4.69) is 15.9 Å². The van der Waals surface area contributed by atoms with Gasteiger partial charge in [-0.15, -0.1) is 0 Å². The second-order valence-corrected chi connectivity index (χ2v) is 4.42. The summed E-state index contributed by atoms with van der Waals surface area (Å²) in [4.78, 5) is 11.6. The molecule has 78 valence electrons. The van der Waals surface area contributed by atoms with Crippen molar-refractivity contribution in [1.82, 2.24) is 0 Å². The first-order valence-electron chi connectivity index (χ1n) is 4.00. The molecule has 1 aromatic carbocycles. The van der Waals surface area contributed by atoms with Crippen molar-refractivity contribution >= 4 is 44.3 Å². The van der Waals surface area contributed by atoms with Crippen LogP contribution in [-0.2, 0) is 0 Å². The monoisotopic (exact) mass is 379 g/mol. The first-order chi connectivity index (χ1) is 7.13. The number of benzene rings is 1. The first-order valence-corrected chi connectivity index (χ1v) is 6.20. The predicted molar refractivity (Wildman–Crippen MR) is 68.6 cm³/mol. The van der Waals surface area contributed by atoms with Crippen LogP contribution < -0.4 is 4.74 Å². The maximum Gasteiger partial charge on any atom is 0.175 e. The Morgan fingerprint density at radius 2 is 2.33 bits per heavy atom. The molecule has 1 rings (SSSR count). The molecule has 0 saturated heterocycles. The van der Waals surface area contributed by atoms with Gasteiger partial charge in [-0.25, -0.2) is 0 Å². The van der Waals surface area contributed by atoms with Crippen LogP contribution >= 0.6 is 38.5 Å². The minimum atomic E-state index is -0.0985. The molecule has 0 atom stereocenters. The molecule has 0 unspecified atom stereocenters. The Bertz CT molecular complexity index is 440. The van der Waals surface area contributed by atoms with Gasteiger partial charge in [-0.3, -0.25) is 4.79 Å². The molecule has 3 nitrogen and oxygen atoms in total. The fraction of sp³-hybridized carbons (Fsp3) is 0.200. The van der Waals surface area contributed by atoms with Gasteiger partial charge in [-0.05, 0) is 34.7 Å². The summed E-state index contributed by atoms with van der Waals surface area (Å²) in [5.41, 5.74) is 0.805. The Morgan fingerprint density at radius 1 is 1.67 bits per heavy atom. The molecular weight excluding hydrogens is 373 g/mol. The number of hydrogen-bond acceptors (Lipinski definition) is 3. The predicted octanol–water partition coefficient (Wildman–Crippen LogP) is 2.75. The van der Waals surface area contributed by atoms with Gasteiger partial charge in [0.05, 0.1) is 18.0 Å². The van der Waals surface area contributed by atoms with E-state index in [1.54, 1.807) is 12.1 Å². The number of nitrogens with zero attached hydrogens (tertiary/aromatic N) is 1. The van der Waals surface area contributed by atoms with Crippen LogP contribution in [0.3, 0.4) is 0 Å². The van der Waals surface area contributed by atoms with Crippen molar-refractivity contribution < 1.29 is 9.53 Å². The fourth-order valence-electron chi connectivity index (χ4n) is 1.14. The summed E-state index contributed by atoms with van der Waals surface area (Å²) in [6.45, 7) is 0. The minimum absolute atomic E-state index is 0.0985. The van der Waals surface area contributed by atoms with Crippen molar-refractivity contribution in [3.8, 4) is 11.8 Å². The molecule has 0 saturated carbocycles. The van der Waals surface area contributed by atoms with E-state index in [1.807, 2.05) is 28.7 Å². The number of carbonyl (C=O) groups is 1. The number of ketones is 1. The molecule has 0 aromatic heterocycles. The van der Waals surface area contributed by atoms with Gasteiger partial charge < -0.3 is 4.74 Å². The topological polar surface area (TPSA) is 50.1 Å². The zero-order valence-electron chi connectivity index (χ0n) is 7.88. The van der Waals surface area contributed by atoms with Crippen LogP contribution in [0.4, 0.5) is 0 Å². The van der Waals surface area contributed by atoms with E-state index in [9.17, 15) is 4.79 Å². The minimum Gasteiger partial charge on any atom is -0.497 e. The molecule has 0 bridgehead atoms. The van der Waals surface area contributed by atoms with Crippen LogP contribution in [0.2, 0.25) is 0 Å². The van der Waals surface area contributed by atoms with Gasteiger partial charge in [0.25, 0.3) is 0 Å². The van der Waals surface area contributed by atoms with Crippen molar-refractivity contribution in [3.63, 3.8) is 0 Å². The van der Waals surface area contributed by atoms with E-state index in [1.165, 1.54) is 7.11 Å². The van der Waals surface area contributed by atoms with Crippen molar-refractivity contribution in [1.29, 1.82) is 5.26 Å². The standard InChI is InChI=1S/C10H7BrINO2/c1-15-7-2-6(5-13)10(8(12)3-7)9(14)4-11/h2-3H,4H2,1H3. The number of halogens is 2. The summed E-state index contributed by atoms with van der Waals surface area (Å²) in [5, 5.41) is 9.14. The van der Waals surface area contributed by atoms with E-state index >= 15 is 0 Å². The maximum absolute atomic E-state index is 11.6. The SMILES string of the molecule is COc1cc(I)c(C(=O)CBr)c(C#N)c1. The number of Topliss-reactive ketones (excluding diaryl/α,β-unsaturated/α-hetero) is 1. The van der Waals surface area contributed by atoms with Crippen LogP contribution in [0.25, 0.3) is 0 Å². The lowest BCUT2D eigenvalue weighted by atomic mass is 10.1. The van der Waals surface area contributed by atoms with E-state index in [0.717, 1.165) is 3.57 Å². The largest absolute Gasteiger partial charge is 0.497 e. The molecule has 0 aliphatic carbocycles. The summed E-state index contributed by atoms with van der Waals surface area (Å²) in [7, 11) is 1.53. The molecule has 0 aliphatic heterocycles. The molecule has 0 amide bonds. The number of rotatable bonds is 3. The van der Waals surface area contributed by atoms with Crippen LogP contribution in [0.1, 0.15) is 15.9 Å². The molecule has 1 aromatic rings. The normalized spacial score (nSPS) is 9.47. The van der Waals surface area contributed by atoms with E-state index in [4.69, 9.17) is 10.00 Å². The van der Waals surface area contributed by atoms with Crippen molar-refractivity contribution in [2.24, 2.45) is 0 Å². The van der Waals surface area contributed by atoms with Crippen LogP contribution in [0.5, 0.6) is 5.75 Å². The third-order valence-corrected chi connectivity index (χ3v) is 3.18. The van der Waals surface area contributed by atoms with E-state index < -0.39 is 0 Å². The summed E-state index contributed by atoms with van der Waals surface area (Å²) >= 11 is 5.12. The summed E-state index contributed by atoms with van der Waals surface area (Å²) < 4.78 is 5.76. The Balaban J connectivity index is 3.39. The summed E-state index contributed by atoms with van der Waals surface area (Å²) in [5.74, 6) is 0.487. The quantitative estimate of drug-likeness (QED) is 0.461. The molecule has 0 N–H and O–H groups in total. The van der Waals surface area contributed by atoms with Crippen LogP contribution in [-0.4, -0.2) is 18.2 Å². The zero-order valence-corrected chi connectivity index (χ0v) is 11.6. The molecule has 0 spiro atoms. The van der Waals surface area contributed by atoms with Crippen LogP contribution in [0.15, 0.2) is 12.1 Å². The van der Waals surface area contributed by atoms with Gasteiger partial charge in [0, 0.05) is 9.13 Å². The van der Waals surface area contributed by atoms with Crippen LogP contribution in [0, 0.1) is 14.9 Å². The molecular formula is C10H7BrINO2. The Hall–Kier alpha value is -0.610. The summed E-state index contributed by atoms with van der Waals surface area (Å²) in [6, 6.07) is 5.30. The number of alkyl halides is 1. The highest BCUT2D eigenvalue weighted by Gasteiger charge is 2.15. The summed E-state index contributed by atoms with van der Waals surface area (Å²) in [6.07, 6.45) is 0. The second kappa shape index (κ2) is 5.47. The third-order valence-electron chi connectivity index (χ3n) is 1.82. The Labute approximate surface area is 110 Å². The van der Waals surface area contributed by atoms with Gasteiger partial charge in [0.15, 0.2) is 5.78 Å². The highest BCUT2D eigenvalue weighted by atomic mass is 127. The highest BCUT2D eigenvalue weighted by Crippen LogP contribution is 2.24. The van der Waals surface area contributed by atoms with Gasteiger partial charge in [-0.2, -0.15) is 5.26 Å². The molecule has 0 heterocycles. The Kier molecular flexibility index (Phi) is 4.54. The molecule has 0 fully saturated rings. The lowest BCUT2D eigenvalue weighted by Crippen LogP contribution is -2.06. The number of carbonyl (C=O) groups excluding carboxylic acids is 1. The third kappa shape index (κ3) is 2.69. The first kappa shape index (κ1) is 12.5. The molecule has 15 heavy (non-hydrogen) atoms. The van der Waals surface area contributed by atoms with Gasteiger partial charge in [0.2, 0.25) is 0 Å². The lowest BCUT2D eigenvalue weighted by Gasteiger charge is -2.07. The van der Waals surface area contributed by atoms with Gasteiger partial charge in [0.1, 0.15) is 11.8 Å². The maximum atomic E-state index is 11.6. The second-order valence-electron chi connectivity index (χ2n) is 2.70. The average molecular weight is 380 g/mol. The highest BCUT2D eigenvalue weighted by molar-refractivity contribution is 14.1. The number of nitriles is 1. The van der Waals surface area contributed by atoms with Crippen molar-refractivity contribution in [3.05, 3.63) is 26.8 Å². The van der Waals surface area contributed by atoms with Crippen molar-refractivity contribution in [2.75, 3.05) is 12.4 Å². The molecule has 0 radical (unpaired) electrons. The van der Waals surface area contributed by atoms with Gasteiger partial charge >= 0.3 is 0 Å².